The van der Waals surface area contributed by atoms with Gasteiger partial charge in [-0.05, 0) is 53.4 Å². The van der Waals surface area contributed by atoms with Gasteiger partial charge >= 0.3 is 0 Å². The van der Waals surface area contributed by atoms with Crippen molar-refractivity contribution in [2.75, 3.05) is 10.7 Å². The molecule has 0 rings (SSSR count). The minimum Gasteiger partial charge on any atom is -0.370 e. The number of ether oxygens (including phenoxy) is 1. The number of hydrogen-bond donors (Lipinski definition) is 0. The molecule has 92 valence electrons. The van der Waals surface area contributed by atoms with Crippen molar-refractivity contribution in [3.8, 4) is 0 Å². The molecule has 0 atom stereocenters. The van der Waals surface area contributed by atoms with Gasteiger partial charge in [-0.2, -0.15) is 0 Å². The molecular formula is C12H24Br2O. The third-order valence-corrected chi connectivity index (χ3v) is 3.50. The zero-order valence-corrected chi connectivity index (χ0v) is 13.6. The van der Waals surface area contributed by atoms with E-state index in [9.17, 15) is 0 Å². The highest BCUT2D eigenvalue weighted by Gasteiger charge is 2.28. The second-order valence-electron chi connectivity index (χ2n) is 5.21. The molecule has 1 nitrogen and oxygen atoms in total. The van der Waals surface area contributed by atoms with Gasteiger partial charge in [0.05, 0.1) is 11.2 Å². The first-order chi connectivity index (χ1) is 6.83. The van der Waals surface area contributed by atoms with E-state index in [1.165, 1.54) is 12.8 Å². The molecule has 0 saturated carbocycles. The van der Waals surface area contributed by atoms with Crippen molar-refractivity contribution in [3.05, 3.63) is 0 Å². The predicted molar refractivity (Wildman–Crippen MR) is 75.3 cm³/mol. The molecule has 3 heteroatoms. The highest BCUT2D eigenvalue weighted by molar-refractivity contribution is 9.09. The standard InChI is InChI=1S/C12H24Br2O/c1-11(2,7-5-9-13)15-12(3,4)8-6-10-14/h5-10H2,1-4H3. The summed E-state index contributed by atoms with van der Waals surface area (Å²) >= 11 is 6.92. The topological polar surface area (TPSA) is 9.23 Å². The zero-order chi connectivity index (χ0) is 11.9. The molecule has 0 amide bonds. The molecule has 0 radical (unpaired) electrons. The van der Waals surface area contributed by atoms with Crippen LogP contribution >= 0.6 is 31.9 Å². The van der Waals surface area contributed by atoms with Crippen molar-refractivity contribution in [1.82, 2.24) is 0 Å². The first kappa shape index (κ1) is 15.9. The largest absolute Gasteiger partial charge is 0.370 e. The molecule has 0 spiro atoms. The molecule has 0 aliphatic heterocycles. The van der Waals surface area contributed by atoms with Gasteiger partial charge in [0.1, 0.15) is 0 Å². The van der Waals surface area contributed by atoms with E-state index in [2.05, 4.69) is 59.6 Å². The number of halogens is 2. The normalized spacial score (nSPS) is 13.2. The van der Waals surface area contributed by atoms with E-state index in [1.54, 1.807) is 0 Å². The van der Waals surface area contributed by atoms with Gasteiger partial charge in [0.2, 0.25) is 0 Å². The van der Waals surface area contributed by atoms with E-state index >= 15 is 0 Å². The van der Waals surface area contributed by atoms with E-state index in [1.807, 2.05) is 0 Å². The summed E-state index contributed by atoms with van der Waals surface area (Å²) in [7, 11) is 0. The Morgan fingerprint density at radius 3 is 1.40 bits per heavy atom. The highest BCUT2D eigenvalue weighted by atomic mass is 79.9. The van der Waals surface area contributed by atoms with Gasteiger partial charge in [0.25, 0.3) is 0 Å². The molecule has 0 fully saturated rings. The Morgan fingerprint density at radius 2 is 1.13 bits per heavy atom. The highest BCUT2D eigenvalue weighted by Crippen LogP contribution is 2.28. The molecule has 0 heterocycles. The van der Waals surface area contributed by atoms with Gasteiger partial charge in [-0.3, -0.25) is 0 Å². The molecule has 0 aromatic carbocycles. The Hall–Kier alpha value is 0.920. The SMILES string of the molecule is CC(C)(CCCBr)OC(C)(C)CCCBr. The van der Waals surface area contributed by atoms with Crippen LogP contribution in [0.15, 0.2) is 0 Å². The van der Waals surface area contributed by atoms with Crippen molar-refractivity contribution in [2.24, 2.45) is 0 Å². The van der Waals surface area contributed by atoms with Gasteiger partial charge < -0.3 is 4.74 Å². The van der Waals surface area contributed by atoms with Crippen LogP contribution in [0.2, 0.25) is 0 Å². The lowest BCUT2D eigenvalue weighted by molar-refractivity contribution is -0.129. The maximum atomic E-state index is 6.19. The van der Waals surface area contributed by atoms with E-state index in [0.717, 1.165) is 23.5 Å². The van der Waals surface area contributed by atoms with Crippen molar-refractivity contribution >= 4 is 31.9 Å². The number of hydrogen-bond acceptors (Lipinski definition) is 1. The summed E-state index contributed by atoms with van der Waals surface area (Å²) in [5, 5.41) is 2.11. The Morgan fingerprint density at radius 1 is 0.800 bits per heavy atom. The van der Waals surface area contributed by atoms with Crippen LogP contribution in [-0.2, 0) is 4.74 Å². The van der Waals surface area contributed by atoms with E-state index in [4.69, 9.17) is 4.74 Å². The van der Waals surface area contributed by atoms with Crippen LogP contribution in [0.3, 0.4) is 0 Å². The first-order valence-electron chi connectivity index (χ1n) is 5.65. The van der Waals surface area contributed by atoms with Gasteiger partial charge in [0.15, 0.2) is 0 Å². The van der Waals surface area contributed by atoms with Crippen LogP contribution in [0.25, 0.3) is 0 Å². The molecule has 15 heavy (non-hydrogen) atoms. The Balaban J connectivity index is 4.04. The van der Waals surface area contributed by atoms with Crippen LogP contribution in [0.1, 0.15) is 53.4 Å². The lowest BCUT2D eigenvalue weighted by atomic mass is 9.98. The van der Waals surface area contributed by atoms with Crippen molar-refractivity contribution in [1.29, 1.82) is 0 Å². The summed E-state index contributed by atoms with van der Waals surface area (Å²) < 4.78 is 6.19. The van der Waals surface area contributed by atoms with Crippen LogP contribution in [-0.4, -0.2) is 21.9 Å². The Bertz CT molecular complexity index is 149. The maximum Gasteiger partial charge on any atom is 0.0634 e. The summed E-state index contributed by atoms with van der Waals surface area (Å²) in [5.74, 6) is 0. The third kappa shape index (κ3) is 8.70. The molecule has 0 aliphatic rings. The lowest BCUT2D eigenvalue weighted by Crippen LogP contribution is -2.37. The summed E-state index contributed by atoms with van der Waals surface area (Å²) in [6.07, 6.45) is 4.55. The molecule has 0 aliphatic carbocycles. The summed E-state index contributed by atoms with van der Waals surface area (Å²) in [6, 6.07) is 0. The van der Waals surface area contributed by atoms with Crippen molar-refractivity contribution < 1.29 is 4.74 Å². The molecular weight excluding hydrogens is 320 g/mol. The zero-order valence-electron chi connectivity index (χ0n) is 10.4. The fraction of sp³-hybridized carbons (Fsp3) is 1.00. The Labute approximate surface area is 112 Å². The summed E-state index contributed by atoms with van der Waals surface area (Å²) in [5.41, 5.74) is -0.0207. The fourth-order valence-electron chi connectivity index (χ4n) is 1.84. The monoisotopic (exact) mass is 342 g/mol. The van der Waals surface area contributed by atoms with Crippen molar-refractivity contribution in [3.63, 3.8) is 0 Å². The second kappa shape index (κ2) is 7.29. The molecule has 0 aromatic rings. The smallest absolute Gasteiger partial charge is 0.0634 e. The molecule has 0 bridgehead atoms. The molecule has 0 saturated heterocycles. The fourth-order valence-corrected chi connectivity index (χ4v) is 2.40. The van der Waals surface area contributed by atoms with Gasteiger partial charge in [-0.25, -0.2) is 0 Å². The maximum absolute atomic E-state index is 6.19. The minimum absolute atomic E-state index is 0.0103. The van der Waals surface area contributed by atoms with E-state index in [-0.39, 0.29) is 11.2 Å². The van der Waals surface area contributed by atoms with E-state index in [0.29, 0.717) is 0 Å². The molecule has 0 N–H and O–H groups in total. The van der Waals surface area contributed by atoms with Crippen LogP contribution in [0.5, 0.6) is 0 Å². The number of alkyl halides is 2. The number of rotatable bonds is 8. The van der Waals surface area contributed by atoms with E-state index < -0.39 is 0 Å². The lowest BCUT2D eigenvalue weighted by Gasteiger charge is -2.36. The average Bonchev–Trinajstić information content (AvgIpc) is 2.10. The quantitative estimate of drug-likeness (QED) is 0.569. The van der Waals surface area contributed by atoms with Crippen LogP contribution < -0.4 is 0 Å². The average molecular weight is 344 g/mol. The first-order valence-corrected chi connectivity index (χ1v) is 7.89. The Kier molecular flexibility index (Phi) is 7.73. The predicted octanol–water partition coefficient (Wildman–Crippen LogP) is 4.91. The summed E-state index contributed by atoms with van der Waals surface area (Å²) in [6.45, 7) is 8.74. The van der Waals surface area contributed by atoms with Crippen LogP contribution in [0.4, 0.5) is 0 Å². The third-order valence-electron chi connectivity index (χ3n) is 2.38. The molecule has 0 unspecified atom stereocenters. The van der Waals surface area contributed by atoms with Crippen LogP contribution in [0, 0.1) is 0 Å². The minimum atomic E-state index is -0.0103. The van der Waals surface area contributed by atoms with Gasteiger partial charge in [-0.15, -0.1) is 0 Å². The van der Waals surface area contributed by atoms with Gasteiger partial charge in [0, 0.05) is 10.7 Å². The molecule has 0 aromatic heterocycles. The second-order valence-corrected chi connectivity index (χ2v) is 6.79. The van der Waals surface area contributed by atoms with Crippen molar-refractivity contribution in [2.45, 2.75) is 64.6 Å². The summed E-state index contributed by atoms with van der Waals surface area (Å²) in [4.78, 5) is 0. The van der Waals surface area contributed by atoms with Gasteiger partial charge in [-0.1, -0.05) is 31.9 Å².